The van der Waals surface area contributed by atoms with E-state index in [0.29, 0.717) is 18.9 Å². The van der Waals surface area contributed by atoms with Crippen LogP contribution in [0.4, 0.5) is 5.69 Å². The molecular formula is C16H22N2O. The third-order valence-electron chi connectivity index (χ3n) is 2.72. The quantitative estimate of drug-likeness (QED) is 0.816. The Morgan fingerprint density at radius 3 is 2.79 bits per heavy atom. The molecule has 0 bridgehead atoms. The van der Waals surface area contributed by atoms with E-state index < -0.39 is 0 Å². The molecule has 1 aromatic carbocycles. The normalized spacial score (nSPS) is 9.95. The first-order valence-electron chi connectivity index (χ1n) is 6.62. The van der Waals surface area contributed by atoms with E-state index in [4.69, 9.17) is 5.73 Å². The molecule has 3 nitrogen and oxygen atoms in total. The highest BCUT2D eigenvalue weighted by molar-refractivity contribution is 5.92. The van der Waals surface area contributed by atoms with Crippen LogP contribution in [0.5, 0.6) is 0 Å². The predicted molar refractivity (Wildman–Crippen MR) is 79.8 cm³/mol. The first-order valence-corrected chi connectivity index (χ1v) is 6.62. The summed E-state index contributed by atoms with van der Waals surface area (Å²) in [5.74, 6) is 6.36. The van der Waals surface area contributed by atoms with E-state index in [0.717, 1.165) is 23.2 Å². The molecule has 0 aliphatic heterocycles. The minimum Gasteiger partial charge on any atom is -0.325 e. The molecule has 0 atom stereocenters. The number of hydrogen-bond donors (Lipinski definition) is 2. The smallest absolute Gasteiger partial charge is 0.224 e. The average molecular weight is 258 g/mol. The van der Waals surface area contributed by atoms with Gasteiger partial charge in [0.2, 0.25) is 5.91 Å². The molecule has 1 rings (SSSR count). The molecule has 0 aromatic heterocycles. The molecule has 0 aliphatic carbocycles. The van der Waals surface area contributed by atoms with Crippen molar-refractivity contribution >= 4 is 11.6 Å². The first kappa shape index (κ1) is 15.3. The van der Waals surface area contributed by atoms with Crippen molar-refractivity contribution in [2.24, 2.45) is 11.7 Å². The first-order chi connectivity index (χ1) is 9.02. The third-order valence-corrected chi connectivity index (χ3v) is 2.72. The lowest BCUT2D eigenvalue weighted by Gasteiger charge is -2.09. The molecule has 0 saturated carbocycles. The van der Waals surface area contributed by atoms with Gasteiger partial charge in [0.15, 0.2) is 0 Å². The van der Waals surface area contributed by atoms with E-state index in [1.165, 1.54) is 0 Å². The number of rotatable bonds is 4. The minimum absolute atomic E-state index is 0.0371. The fourth-order valence-electron chi connectivity index (χ4n) is 1.65. The topological polar surface area (TPSA) is 55.1 Å². The summed E-state index contributed by atoms with van der Waals surface area (Å²) in [7, 11) is 0. The largest absolute Gasteiger partial charge is 0.325 e. The van der Waals surface area contributed by atoms with E-state index >= 15 is 0 Å². The van der Waals surface area contributed by atoms with Crippen molar-refractivity contribution in [1.82, 2.24) is 0 Å². The Hall–Kier alpha value is -1.79. The number of carbonyl (C=O) groups excluding carboxylic acids is 1. The molecule has 0 saturated heterocycles. The standard InChI is InChI=1S/C16H22N2O/c1-12(2)6-9-16(19)18-15-11-13(3)7-8-14(15)5-4-10-17/h7-8,11-12H,6,9-10,17H2,1-3H3,(H,18,19). The van der Waals surface area contributed by atoms with Gasteiger partial charge in [-0.25, -0.2) is 0 Å². The molecular weight excluding hydrogens is 236 g/mol. The van der Waals surface area contributed by atoms with Gasteiger partial charge >= 0.3 is 0 Å². The molecule has 1 aromatic rings. The number of nitrogens with one attached hydrogen (secondary N) is 1. The van der Waals surface area contributed by atoms with Crippen molar-refractivity contribution in [3.8, 4) is 11.8 Å². The van der Waals surface area contributed by atoms with Gasteiger partial charge < -0.3 is 11.1 Å². The molecule has 3 N–H and O–H groups in total. The lowest BCUT2D eigenvalue weighted by molar-refractivity contribution is -0.116. The van der Waals surface area contributed by atoms with Gasteiger partial charge in [-0.2, -0.15) is 0 Å². The number of nitrogens with two attached hydrogens (primary N) is 1. The molecule has 0 unspecified atom stereocenters. The summed E-state index contributed by atoms with van der Waals surface area (Å²) in [6, 6.07) is 5.83. The van der Waals surface area contributed by atoms with Crippen LogP contribution in [0.25, 0.3) is 0 Å². The van der Waals surface area contributed by atoms with Crippen LogP contribution in [-0.4, -0.2) is 12.5 Å². The monoisotopic (exact) mass is 258 g/mol. The van der Waals surface area contributed by atoms with E-state index in [-0.39, 0.29) is 5.91 Å². The van der Waals surface area contributed by atoms with E-state index in [9.17, 15) is 4.79 Å². The number of anilines is 1. The van der Waals surface area contributed by atoms with Gasteiger partial charge in [0.1, 0.15) is 0 Å². The van der Waals surface area contributed by atoms with Crippen LogP contribution in [0, 0.1) is 24.7 Å². The summed E-state index contributed by atoms with van der Waals surface area (Å²) in [4.78, 5) is 11.9. The second-order valence-corrected chi connectivity index (χ2v) is 5.04. The van der Waals surface area contributed by atoms with Crippen molar-refractivity contribution in [1.29, 1.82) is 0 Å². The van der Waals surface area contributed by atoms with Crippen molar-refractivity contribution in [3.05, 3.63) is 29.3 Å². The van der Waals surface area contributed by atoms with Crippen LogP contribution in [0.3, 0.4) is 0 Å². The second-order valence-electron chi connectivity index (χ2n) is 5.04. The highest BCUT2D eigenvalue weighted by Crippen LogP contribution is 2.17. The summed E-state index contributed by atoms with van der Waals surface area (Å²) in [5, 5.41) is 2.93. The second kappa shape index (κ2) is 7.60. The molecule has 102 valence electrons. The summed E-state index contributed by atoms with van der Waals surface area (Å²) in [5.41, 5.74) is 8.06. The van der Waals surface area contributed by atoms with Gasteiger partial charge in [0.25, 0.3) is 0 Å². The molecule has 3 heteroatoms. The Labute approximate surface area is 115 Å². The lowest BCUT2D eigenvalue weighted by atomic mass is 10.1. The molecule has 0 fully saturated rings. The van der Waals surface area contributed by atoms with Crippen LogP contribution in [0.1, 0.15) is 37.8 Å². The number of aryl methyl sites for hydroxylation is 1. The van der Waals surface area contributed by atoms with Gasteiger partial charge in [-0.3, -0.25) is 4.79 Å². The Morgan fingerprint density at radius 1 is 1.42 bits per heavy atom. The van der Waals surface area contributed by atoms with Crippen molar-refractivity contribution < 1.29 is 4.79 Å². The lowest BCUT2D eigenvalue weighted by Crippen LogP contribution is -2.13. The van der Waals surface area contributed by atoms with Gasteiger partial charge in [-0.1, -0.05) is 31.8 Å². The zero-order valence-corrected chi connectivity index (χ0v) is 11.9. The molecule has 0 spiro atoms. The summed E-state index contributed by atoms with van der Waals surface area (Å²) in [6.45, 7) is 6.52. The maximum absolute atomic E-state index is 11.9. The van der Waals surface area contributed by atoms with Crippen LogP contribution in [0.15, 0.2) is 18.2 Å². The Bertz CT molecular complexity index is 495. The van der Waals surface area contributed by atoms with Crippen LogP contribution in [-0.2, 0) is 4.79 Å². The highest BCUT2D eigenvalue weighted by Gasteiger charge is 2.07. The number of carbonyl (C=O) groups is 1. The van der Waals surface area contributed by atoms with Crippen molar-refractivity contribution in [2.75, 3.05) is 11.9 Å². The maximum atomic E-state index is 11.9. The SMILES string of the molecule is Cc1ccc(C#CCN)c(NC(=O)CCC(C)C)c1. The fourth-order valence-corrected chi connectivity index (χ4v) is 1.65. The highest BCUT2D eigenvalue weighted by atomic mass is 16.1. The van der Waals surface area contributed by atoms with Crippen LogP contribution in [0.2, 0.25) is 0 Å². The van der Waals surface area contributed by atoms with Crippen molar-refractivity contribution in [3.63, 3.8) is 0 Å². The van der Waals surface area contributed by atoms with Gasteiger partial charge in [-0.15, -0.1) is 0 Å². The van der Waals surface area contributed by atoms with Crippen LogP contribution >= 0.6 is 0 Å². The minimum atomic E-state index is 0.0371. The van der Waals surface area contributed by atoms with Gasteiger partial charge in [-0.05, 0) is 37.0 Å². The molecule has 0 aliphatic rings. The maximum Gasteiger partial charge on any atom is 0.224 e. The third kappa shape index (κ3) is 5.58. The Kier molecular flexibility index (Phi) is 6.11. The van der Waals surface area contributed by atoms with Gasteiger partial charge in [0, 0.05) is 12.0 Å². The zero-order chi connectivity index (χ0) is 14.3. The zero-order valence-electron chi connectivity index (χ0n) is 11.9. The van der Waals surface area contributed by atoms with E-state index in [1.54, 1.807) is 0 Å². The summed E-state index contributed by atoms with van der Waals surface area (Å²) < 4.78 is 0. The number of amides is 1. The molecule has 0 radical (unpaired) electrons. The molecule has 1 amide bonds. The molecule has 19 heavy (non-hydrogen) atoms. The van der Waals surface area contributed by atoms with Gasteiger partial charge in [0.05, 0.1) is 12.2 Å². The van der Waals surface area contributed by atoms with E-state index in [2.05, 4.69) is 31.0 Å². The predicted octanol–water partition coefficient (Wildman–Crippen LogP) is 2.68. The van der Waals surface area contributed by atoms with Crippen molar-refractivity contribution in [2.45, 2.75) is 33.6 Å². The van der Waals surface area contributed by atoms with Crippen LogP contribution < -0.4 is 11.1 Å². The average Bonchev–Trinajstić information content (AvgIpc) is 2.35. The summed E-state index contributed by atoms with van der Waals surface area (Å²) in [6.07, 6.45) is 1.43. The molecule has 0 heterocycles. The number of hydrogen-bond acceptors (Lipinski definition) is 2. The Balaban J connectivity index is 2.80. The Morgan fingerprint density at radius 2 is 2.16 bits per heavy atom. The fraction of sp³-hybridized carbons (Fsp3) is 0.438. The number of benzene rings is 1. The van der Waals surface area contributed by atoms with E-state index in [1.807, 2.05) is 25.1 Å². The summed E-state index contributed by atoms with van der Waals surface area (Å²) >= 11 is 0.